The van der Waals surface area contributed by atoms with E-state index in [1.54, 1.807) is 0 Å². The summed E-state index contributed by atoms with van der Waals surface area (Å²) in [6.45, 7) is 0. The molecule has 1 N–H and O–H groups in total. The number of benzene rings is 1. The second-order valence-electron chi connectivity index (χ2n) is 2.53. The smallest absolute Gasteiger partial charge is 0.186 e. The number of para-hydroxylation sites is 1. The highest BCUT2D eigenvalue weighted by molar-refractivity contribution is 9.10. The molecule has 0 amide bonds. The number of halogens is 1. The van der Waals surface area contributed by atoms with Crippen molar-refractivity contribution in [3.05, 3.63) is 45.1 Å². The highest BCUT2D eigenvalue weighted by Crippen LogP contribution is 2.18. The molecule has 4 heteroatoms. The molecule has 0 aliphatic carbocycles. The average molecular weight is 255 g/mol. The predicted octanol–water partition coefficient (Wildman–Crippen LogP) is 2.78. The summed E-state index contributed by atoms with van der Waals surface area (Å²) >= 11 is 4.87. The first-order chi connectivity index (χ1) is 6.29. The minimum Gasteiger partial charge on any atom is -0.292 e. The molecule has 0 saturated carbocycles. The van der Waals surface area contributed by atoms with E-state index in [0.717, 1.165) is 10.2 Å². The molecule has 0 atom stereocenters. The lowest BCUT2D eigenvalue weighted by Gasteiger charge is -2.03. The van der Waals surface area contributed by atoms with Crippen LogP contribution in [0.4, 0.5) is 0 Å². The average Bonchev–Trinajstić information content (AvgIpc) is 2.52. The van der Waals surface area contributed by atoms with Gasteiger partial charge >= 0.3 is 0 Å². The van der Waals surface area contributed by atoms with E-state index in [2.05, 4.69) is 15.9 Å². The van der Waals surface area contributed by atoms with E-state index in [9.17, 15) is 0 Å². The van der Waals surface area contributed by atoms with Crippen LogP contribution < -0.4 is 4.80 Å². The molecule has 0 saturated heterocycles. The maximum atomic E-state index is 7.65. The van der Waals surface area contributed by atoms with Gasteiger partial charge in [0.25, 0.3) is 0 Å². The Morgan fingerprint density at radius 3 is 2.69 bits per heavy atom. The van der Waals surface area contributed by atoms with E-state index in [1.807, 2.05) is 40.4 Å². The SMILES string of the molecule is N=c1sccn1-c1ccccc1Br. The second kappa shape index (κ2) is 3.47. The van der Waals surface area contributed by atoms with Gasteiger partial charge in [-0.05, 0) is 28.1 Å². The van der Waals surface area contributed by atoms with Crippen molar-refractivity contribution >= 4 is 27.3 Å². The number of rotatable bonds is 1. The third-order valence-electron chi connectivity index (χ3n) is 1.72. The van der Waals surface area contributed by atoms with Gasteiger partial charge in [0.2, 0.25) is 0 Å². The zero-order valence-electron chi connectivity index (χ0n) is 6.70. The summed E-state index contributed by atoms with van der Waals surface area (Å²) in [5.74, 6) is 0. The molecule has 0 fully saturated rings. The van der Waals surface area contributed by atoms with Gasteiger partial charge in [-0.15, -0.1) is 11.3 Å². The molecule has 2 rings (SSSR count). The van der Waals surface area contributed by atoms with E-state index < -0.39 is 0 Å². The summed E-state index contributed by atoms with van der Waals surface area (Å²) in [4.78, 5) is 0.534. The molecule has 2 nitrogen and oxygen atoms in total. The second-order valence-corrected chi connectivity index (χ2v) is 4.28. The molecule has 2 aromatic rings. The van der Waals surface area contributed by atoms with E-state index >= 15 is 0 Å². The lowest BCUT2D eigenvalue weighted by molar-refractivity contribution is 0.974. The van der Waals surface area contributed by atoms with Crippen molar-refractivity contribution in [2.45, 2.75) is 0 Å². The topological polar surface area (TPSA) is 28.8 Å². The summed E-state index contributed by atoms with van der Waals surface area (Å²) in [6.07, 6.45) is 1.90. The van der Waals surface area contributed by atoms with E-state index in [4.69, 9.17) is 5.41 Å². The molecule has 66 valence electrons. The Balaban J connectivity index is 2.66. The van der Waals surface area contributed by atoms with E-state index in [-0.39, 0.29) is 0 Å². The minimum atomic E-state index is 0.534. The van der Waals surface area contributed by atoms with Crippen LogP contribution in [0.2, 0.25) is 0 Å². The molecule has 0 aliphatic heterocycles. The van der Waals surface area contributed by atoms with E-state index in [1.165, 1.54) is 11.3 Å². The quantitative estimate of drug-likeness (QED) is 0.811. The zero-order valence-corrected chi connectivity index (χ0v) is 9.10. The molecule has 13 heavy (non-hydrogen) atoms. The van der Waals surface area contributed by atoms with Gasteiger partial charge in [-0.25, -0.2) is 0 Å². The number of hydrogen-bond acceptors (Lipinski definition) is 2. The number of nitrogens with zero attached hydrogens (tertiary/aromatic N) is 1. The van der Waals surface area contributed by atoms with Gasteiger partial charge in [0, 0.05) is 16.0 Å². The van der Waals surface area contributed by atoms with Gasteiger partial charge in [0.15, 0.2) is 4.80 Å². The van der Waals surface area contributed by atoms with Crippen LogP contribution in [0.5, 0.6) is 0 Å². The van der Waals surface area contributed by atoms with Gasteiger partial charge < -0.3 is 0 Å². The van der Waals surface area contributed by atoms with Crippen molar-refractivity contribution in [3.8, 4) is 5.69 Å². The molecule has 0 radical (unpaired) electrons. The lowest BCUT2D eigenvalue weighted by atomic mass is 10.3. The Morgan fingerprint density at radius 2 is 2.08 bits per heavy atom. The van der Waals surface area contributed by atoms with Crippen molar-refractivity contribution in [1.29, 1.82) is 5.41 Å². The Labute approximate surface area is 88.1 Å². The zero-order chi connectivity index (χ0) is 9.26. The highest BCUT2D eigenvalue weighted by atomic mass is 79.9. The standard InChI is InChI=1S/C9H7BrN2S/c10-7-3-1-2-4-8(7)12-5-6-13-9(12)11/h1-6,11H. The normalized spacial score (nSPS) is 10.2. The molecule has 0 spiro atoms. The van der Waals surface area contributed by atoms with Crippen molar-refractivity contribution < 1.29 is 0 Å². The third kappa shape index (κ3) is 1.59. The van der Waals surface area contributed by atoms with Crippen LogP contribution in [0, 0.1) is 5.41 Å². The van der Waals surface area contributed by atoms with Crippen molar-refractivity contribution in [2.24, 2.45) is 0 Å². The summed E-state index contributed by atoms with van der Waals surface area (Å²) < 4.78 is 2.85. The maximum Gasteiger partial charge on any atom is 0.186 e. The van der Waals surface area contributed by atoms with Crippen LogP contribution in [0.25, 0.3) is 5.69 Å². The Morgan fingerprint density at radius 1 is 1.31 bits per heavy atom. The first kappa shape index (κ1) is 8.72. The summed E-state index contributed by atoms with van der Waals surface area (Å²) in [7, 11) is 0. The molecule has 0 bridgehead atoms. The molecule has 1 aromatic heterocycles. The first-order valence-corrected chi connectivity index (χ1v) is 5.42. The van der Waals surface area contributed by atoms with Crippen LogP contribution in [0.1, 0.15) is 0 Å². The molecule has 1 aromatic carbocycles. The molecule has 0 aliphatic rings. The number of thiazole rings is 1. The monoisotopic (exact) mass is 254 g/mol. The Kier molecular flexibility index (Phi) is 2.33. The molecule has 0 unspecified atom stereocenters. The largest absolute Gasteiger partial charge is 0.292 e. The summed E-state index contributed by atoms with van der Waals surface area (Å²) in [6, 6.07) is 7.88. The van der Waals surface area contributed by atoms with Crippen molar-refractivity contribution in [3.63, 3.8) is 0 Å². The third-order valence-corrected chi connectivity index (χ3v) is 3.07. The number of aromatic nitrogens is 1. The fourth-order valence-corrected chi connectivity index (χ4v) is 2.18. The van der Waals surface area contributed by atoms with Gasteiger partial charge in [0.1, 0.15) is 0 Å². The molecular formula is C9H7BrN2S. The van der Waals surface area contributed by atoms with Crippen LogP contribution >= 0.6 is 27.3 Å². The van der Waals surface area contributed by atoms with Crippen molar-refractivity contribution in [1.82, 2.24) is 4.57 Å². The van der Waals surface area contributed by atoms with Crippen LogP contribution in [0.15, 0.2) is 40.3 Å². The van der Waals surface area contributed by atoms with Crippen LogP contribution in [0.3, 0.4) is 0 Å². The molecular weight excluding hydrogens is 248 g/mol. The van der Waals surface area contributed by atoms with Gasteiger partial charge in [-0.3, -0.25) is 9.98 Å². The summed E-state index contributed by atoms with van der Waals surface area (Å²) in [5, 5.41) is 9.55. The van der Waals surface area contributed by atoms with Crippen LogP contribution in [-0.2, 0) is 0 Å². The van der Waals surface area contributed by atoms with Gasteiger partial charge in [0.05, 0.1) is 5.69 Å². The van der Waals surface area contributed by atoms with Gasteiger partial charge in [-0.1, -0.05) is 12.1 Å². The Bertz CT molecular complexity index is 472. The fraction of sp³-hybridized carbons (Fsp3) is 0. The maximum absolute atomic E-state index is 7.65. The fourth-order valence-electron chi connectivity index (χ4n) is 1.12. The van der Waals surface area contributed by atoms with Gasteiger partial charge in [-0.2, -0.15) is 0 Å². The summed E-state index contributed by atoms with van der Waals surface area (Å²) in [5.41, 5.74) is 1.01. The van der Waals surface area contributed by atoms with E-state index in [0.29, 0.717) is 4.80 Å². The molecule has 1 heterocycles. The lowest BCUT2D eigenvalue weighted by Crippen LogP contribution is -2.09. The van der Waals surface area contributed by atoms with Crippen molar-refractivity contribution in [2.75, 3.05) is 0 Å². The highest BCUT2D eigenvalue weighted by Gasteiger charge is 2.00. The minimum absolute atomic E-state index is 0.534. The predicted molar refractivity (Wildman–Crippen MR) is 57.2 cm³/mol. The van der Waals surface area contributed by atoms with Crippen LogP contribution in [-0.4, -0.2) is 4.57 Å². The number of hydrogen-bond donors (Lipinski definition) is 1. The Hall–Kier alpha value is -0.870. The number of nitrogens with one attached hydrogen (secondary N) is 1. The first-order valence-electron chi connectivity index (χ1n) is 3.74.